The average Bonchev–Trinajstić information content (AvgIpc) is 2.14. The van der Waals surface area contributed by atoms with E-state index in [4.69, 9.17) is 10.2 Å². The second kappa shape index (κ2) is 9.24. The Morgan fingerprint density at radius 2 is 1.40 bits per heavy atom. The van der Waals surface area contributed by atoms with Gasteiger partial charge in [-0.3, -0.25) is 9.59 Å². The molecular weight excluding hydrogens is 196 g/mol. The molecule has 15 heavy (non-hydrogen) atoms. The van der Waals surface area contributed by atoms with Crippen LogP contribution in [0.4, 0.5) is 0 Å². The summed E-state index contributed by atoms with van der Waals surface area (Å²) in [6.07, 6.45) is 8.32. The molecule has 0 aliphatic carbocycles. The Kier molecular flexibility index (Phi) is 8.43. The van der Waals surface area contributed by atoms with E-state index in [0.717, 1.165) is 25.7 Å². The molecule has 0 unspecified atom stereocenters. The van der Waals surface area contributed by atoms with Gasteiger partial charge in [-0.05, 0) is 25.7 Å². The number of carbonyl (C=O) groups is 2. The molecule has 0 aromatic heterocycles. The molecule has 0 heterocycles. The molecule has 0 spiro atoms. The zero-order chi connectivity index (χ0) is 11.5. The standard InChI is InChI=1S/C11H18O4/c12-10(13)8-6-4-2-1-3-5-7-9-11(14)15/h2,4H,1,3,5-9H2,(H,12,13)(H,14,15)/b4-2-. The van der Waals surface area contributed by atoms with Gasteiger partial charge >= 0.3 is 11.9 Å². The fourth-order valence-corrected chi connectivity index (χ4v) is 1.16. The van der Waals surface area contributed by atoms with Crippen LogP contribution < -0.4 is 0 Å². The lowest BCUT2D eigenvalue weighted by Crippen LogP contribution is -1.93. The molecule has 0 aromatic carbocycles. The zero-order valence-electron chi connectivity index (χ0n) is 8.82. The summed E-state index contributed by atoms with van der Waals surface area (Å²) in [5.41, 5.74) is 0. The van der Waals surface area contributed by atoms with Crippen molar-refractivity contribution >= 4 is 11.9 Å². The Balaban J connectivity index is 3.16. The van der Waals surface area contributed by atoms with Gasteiger partial charge in [0.1, 0.15) is 0 Å². The van der Waals surface area contributed by atoms with Gasteiger partial charge < -0.3 is 10.2 Å². The SMILES string of the molecule is O=C(O)CC/C=C\CCCCCC(=O)O. The molecule has 0 aromatic rings. The number of unbranched alkanes of at least 4 members (excludes halogenated alkanes) is 3. The largest absolute Gasteiger partial charge is 0.481 e. The molecule has 0 aliphatic heterocycles. The Hall–Kier alpha value is -1.32. The number of rotatable bonds is 9. The Morgan fingerprint density at radius 1 is 0.800 bits per heavy atom. The topological polar surface area (TPSA) is 74.6 Å². The van der Waals surface area contributed by atoms with E-state index in [0.29, 0.717) is 6.42 Å². The number of hydrogen-bond donors (Lipinski definition) is 2. The molecule has 0 amide bonds. The normalized spacial score (nSPS) is 10.7. The fourth-order valence-electron chi connectivity index (χ4n) is 1.16. The molecule has 0 saturated carbocycles. The smallest absolute Gasteiger partial charge is 0.303 e. The van der Waals surface area contributed by atoms with Crippen LogP contribution in [0.2, 0.25) is 0 Å². The van der Waals surface area contributed by atoms with Crippen LogP contribution in [0.5, 0.6) is 0 Å². The van der Waals surface area contributed by atoms with E-state index < -0.39 is 11.9 Å². The summed E-state index contributed by atoms with van der Waals surface area (Å²) in [5, 5.41) is 16.7. The first-order valence-corrected chi connectivity index (χ1v) is 5.21. The number of hydrogen-bond acceptors (Lipinski definition) is 2. The molecule has 0 aliphatic rings. The summed E-state index contributed by atoms with van der Waals surface area (Å²) in [6.45, 7) is 0. The van der Waals surface area contributed by atoms with E-state index in [2.05, 4.69) is 0 Å². The molecule has 86 valence electrons. The summed E-state index contributed by atoms with van der Waals surface area (Å²) < 4.78 is 0. The van der Waals surface area contributed by atoms with Gasteiger partial charge in [-0.25, -0.2) is 0 Å². The van der Waals surface area contributed by atoms with E-state index in [1.807, 2.05) is 12.2 Å². The number of carboxylic acid groups (broad SMARTS) is 2. The Bertz CT molecular complexity index is 221. The Labute approximate surface area is 89.6 Å². The average molecular weight is 214 g/mol. The van der Waals surface area contributed by atoms with Crippen molar-refractivity contribution in [3.05, 3.63) is 12.2 Å². The third-order valence-electron chi connectivity index (χ3n) is 1.95. The van der Waals surface area contributed by atoms with Crippen LogP contribution in [0, 0.1) is 0 Å². The van der Waals surface area contributed by atoms with Crippen molar-refractivity contribution in [3.63, 3.8) is 0 Å². The van der Waals surface area contributed by atoms with Crippen LogP contribution >= 0.6 is 0 Å². The van der Waals surface area contributed by atoms with Gasteiger partial charge in [0.25, 0.3) is 0 Å². The van der Waals surface area contributed by atoms with Gasteiger partial charge in [0.2, 0.25) is 0 Å². The molecule has 2 N–H and O–H groups in total. The van der Waals surface area contributed by atoms with Crippen LogP contribution in [0.25, 0.3) is 0 Å². The minimum atomic E-state index is -0.777. The van der Waals surface area contributed by atoms with E-state index in [9.17, 15) is 9.59 Å². The van der Waals surface area contributed by atoms with Gasteiger partial charge in [-0.15, -0.1) is 0 Å². The summed E-state index contributed by atoms with van der Waals surface area (Å²) in [4.78, 5) is 20.3. The van der Waals surface area contributed by atoms with Crippen LogP contribution in [0.1, 0.15) is 44.9 Å². The first-order valence-electron chi connectivity index (χ1n) is 5.21. The highest BCUT2D eigenvalue weighted by Gasteiger charge is 1.95. The zero-order valence-corrected chi connectivity index (χ0v) is 8.82. The lowest BCUT2D eigenvalue weighted by atomic mass is 10.1. The number of carboxylic acids is 2. The number of aliphatic carboxylic acids is 2. The van der Waals surface area contributed by atoms with Crippen molar-refractivity contribution in [1.82, 2.24) is 0 Å². The van der Waals surface area contributed by atoms with Gasteiger partial charge in [-0.1, -0.05) is 18.6 Å². The lowest BCUT2D eigenvalue weighted by Gasteiger charge is -1.95. The molecular formula is C11H18O4. The maximum Gasteiger partial charge on any atom is 0.303 e. The van der Waals surface area contributed by atoms with Gasteiger partial charge in [0, 0.05) is 12.8 Å². The Morgan fingerprint density at radius 3 is 2.00 bits per heavy atom. The van der Waals surface area contributed by atoms with Crippen molar-refractivity contribution in [2.45, 2.75) is 44.9 Å². The van der Waals surface area contributed by atoms with Gasteiger partial charge in [0.05, 0.1) is 0 Å². The fraction of sp³-hybridized carbons (Fsp3) is 0.636. The number of allylic oxidation sites excluding steroid dienone is 2. The highest BCUT2D eigenvalue weighted by Crippen LogP contribution is 2.04. The maximum atomic E-state index is 10.2. The van der Waals surface area contributed by atoms with Crippen molar-refractivity contribution in [2.24, 2.45) is 0 Å². The maximum absolute atomic E-state index is 10.2. The van der Waals surface area contributed by atoms with Gasteiger partial charge in [-0.2, -0.15) is 0 Å². The molecule has 0 bridgehead atoms. The minimum Gasteiger partial charge on any atom is -0.481 e. The van der Waals surface area contributed by atoms with E-state index in [1.54, 1.807) is 0 Å². The van der Waals surface area contributed by atoms with Crippen LogP contribution in [-0.4, -0.2) is 22.2 Å². The van der Waals surface area contributed by atoms with Crippen molar-refractivity contribution in [1.29, 1.82) is 0 Å². The van der Waals surface area contributed by atoms with Crippen molar-refractivity contribution in [3.8, 4) is 0 Å². The van der Waals surface area contributed by atoms with E-state index in [1.165, 1.54) is 0 Å². The monoisotopic (exact) mass is 214 g/mol. The molecule has 0 saturated heterocycles. The molecule has 0 atom stereocenters. The summed E-state index contributed by atoms with van der Waals surface area (Å²) in [7, 11) is 0. The molecule has 4 heteroatoms. The third kappa shape index (κ3) is 12.7. The predicted octanol–water partition coefficient (Wildman–Crippen LogP) is 2.44. The van der Waals surface area contributed by atoms with Crippen LogP contribution in [0.3, 0.4) is 0 Å². The van der Waals surface area contributed by atoms with E-state index in [-0.39, 0.29) is 12.8 Å². The highest BCUT2D eigenvalue weighted by atomic mass is 16.4. The first kappa shape index (κ1) is 13.7. The van der Waals surface area contributed by atoms with E-state index >= 15 is 0 Å². The third-order valence-corrected chi connectivity index (χ3v) is 1.95. The van der Waals surface area contributed by atoms with Crippen molar-refractivity contribution < 1.29 is 19.8 Å². The summed E-state index contributed by atoms with van der Waals surface area (Å²) >= 11 is 0. The molecule has 4 nitrogen and oxygen atoms in total. The second-order valence-electron chi connectivity index (χ2n) is 3.40. The molecule has 0 radical (unpaired) electrons. The second-order valence-corrected chi connectivity index (χ2v) is 3.40. The first-order chi connectivity index (χ1) is 7.13. The van der Waals surface area contributed by atoms with Crippen LogP contribution in [-0.2, 0) is 9.59 Å². The quantitative estimate of drug-likeness (QED) is 0.456. The highest BCUT2D eigenvalue weighted by molar-refractivity contribution is 5.66. The lowest BCUT2D eigenvalue weighted by molar-refractivity contribution is -0.138. The summed E-state index contributed by atoms with van der Waals surface area (Å²) in [6, 6.07) is 0. The van der Waals surface area contributed by atoms with Gasteiger partial charge in [0.15, 0.2) is 0 Å². The summed E-state index contributed by atoms with van der Waals surface area (Å²) in [5.74, 6) is -1.52. The molecule has 0 rings (SSSR count). The van der Waals surface area contributed by atoms with Crippen LogP contribution in [0.15, 0.2) is 12.2 Å². The van der Waals surface area contributed by atoms with Crippen molar-refractivity contribution in [2.75, 3.05) is 0 Å². The minimum absolute atomic E-state index is 0.176. The molecule has 0 fully saturated rings. The predicted molar refractivity (Wildman–Crippen MR) is 56.7 cm³/mol.